The fraction of sp³-hybridized carbons (Fsp3) is 0.304. The summed E-state index contributed by atoms with van der Waals surface area (Å²) in [7, 11) is 0. The standard InChI is InChI=1S/C23H24FN3O/c1-15-8-9-20-19(11-15)21(25-18-7-3-6-17(24)12-18)13-22(26-20)23(28)27-10-4-5-16(2)14-27/h3,6-9,11-13,16H,4-5,10,14H2,1-2H3,(H,25,26)/t16-/m1/s1. The van der Waals surface area contributed by atoms with Gasteiger partial charge in [0.05, 0.1) is 11.2 Å². The van der Waals surface area contributed by atoms with Crippen molar-refractivity contribution >= 4 is 28.2 Å². The summed E-state index contributed by atoms with van der Waals surface area (Å²) in [5.41, 5.74) is 3.66. The number of pyridine rings is 1. The first-order chi connectivity index (χ1) is 13.5. The Bertz CT molecular complexity index is 1030. The zero-order valence-electron chi connectivity index (χ0n) is 16.2. The minimum atomic E-state index is -0.307. The quantitative estimate of drug-likeness (QED) is 0.674. The number of aryl methyl sites for hydroxylation is 1. The number of carbonyl (C=O) groups is 1. The fourth-order valence-electron chi connectivity index (χ4n) is 3.81. The summed E-state index contributed by atoms with van der Waals surface area (Å²) in [6, 6.07) is 14.0. The van der Waals surface area contributed by atoms with E-state index in [1.54, 1.807) is 18.2 Å². The molecule has 0 spiro atoms. The van der Waals surface area contributed by atoms with Crippen molar-refractivity contribution < 1.29 is 9.18 Å². The Morgan fingerprint density at radius 3 is 2.86 bits per heavy atom. The van der Waals surface area contributed by atoms with E-state index in [1.165, 1.54) is 12.1 Å². The molecule has 1 aliphatic rings. The van der Waals surface area contributed by atoms with Crippen molar-refractivity contribution in [3.8, 4) is 0 Å². The number of likely N-dealkylation sites (tertiary alicyclic amines) is 1. The van der Waals surface area contributed by atoms with Gasteiger partial charge >= 0.3 is 0 Å². The van der Waals surface area contributed by atoms with Crippen molar-refractivity contribution in [3.05, 3.63) is 65.6 Å². The maximum atomic E-state index is 13.6. The number of anilines is 2. The monoisotopic (exact) mass is 377 g/mol. The van der Waals surface area contributed by atoms with E-state index in [1.807, 2.05) is 30.0 Å². The first-order valence-corrected chi connectivity index (χ1v) is 9.73. The Labute approximate surface area is 164 Å². The van der Waals surface area contributed by atoms with Crippen molar-refractivity contribution in [2.24, 2.45) is 5.92 Å². The number of fused-ring (bicyclic) bond motifs is 1. The first kappa shape index (κ1) is 18.4. The smallest absolute Gasteiger partial charge is 0.272 e. The van der Waals surface area contributed by atoms with Crippen LogP contribution < -0.4 is 5.32 Å². The number of piperidine rings is 1. The highest BCUT2D eigenvalue weighted by Crippen LogP contribution is 2.29. The molecule has 3 aromatic rings. The molecule has 1 amide bonds. The number of nitrogens with zero attached hydrogens (tertiary/aromatic N) is 2. The summed E-state index contributed by atoms with van der Waals surface area (Å²) < 4.78 is 13.6. The van der Waals surface area contributed by atoms with E-state index in [0.717, 1.165) is 48.1 Å². The molecule has 0 unspecified atom stereocenters. The summed E-state index contributed by atoms with van der Waals surface area (Å²) in [4.78, 5) is 19.6. The Hall–Kier alpha value is -2.95. The number of halogens is 1. The zero-order valence-corrected chi connectivity index (χ0v) is 16.2. The van der Waals surface area contributed by atoms with E-state index in [2.05, 4.69) is 17.2 Å². The molecule has 5 heteroatoms. The molecule has 0 radical (unpaired) electrons. The van der Waals surface area contributed by atoms with E-state index in [0.29, 0.717) is 17.3 Å². The predicted octanol–water partition coefficient (Wildman–Crippen LogP) is 5.30. The molecule has 1 N–H and O–H groups in total. The van der Waals surface area contributed by atoms with E-state index < -0.39 is 0 Å². The molecule has 1 aromatic heterocycles. The largest absolute Gasteiger partial charge is 0.355 e. The van der Waals surface area contributed by atoms with Crippen LogP contribution in [-0.2, 0) is 0 Å². The molecule has 1 fully saturated rings. The Morgan fingerprint density at radius 2 is 2.07 bits per heavy atom. The van der Waals surface area contributed by atoms with Crippen molar-refractivity contribution in [2.45, 2.75) is 26.7 Å². The average Bonchev–Trinajstić information content (AvgIpc) is 2.67. The number of nitrogens with one attached hydrogen (secondary N) is 1. The van der Waals surface area contributed by atoms with Gasteiger partial charge in [0, 0.05) is 24.2 Å². The highest BCUT2D eigenvalue weighted by molar-refractivity contribution is 6.00. The second-order valence-corrected chi connectivity index (χ2v) is 7.71. The molecule has 28 heavy (non-hydrogen) atoms. The van der Waals surface area contributed by atoms with Gasteiger partial charge < -0.3 is 10.2 Å². The normalized spacial score (nSPS) is 17.0. The summed E-state index contributed by atoms with van der Waals surface area (Å²) >= 11 is 0. The molecule has 0 aliphatic carbocycles. The minimum Gasteiger partial charge on any atom is -0.355 e. The molecule has 4 rings (SSSR count). The topological polar surface area (TPSA) is 45.2 Å². The van der Waals surface area contributed by atoms with Gasteiger partial charge in [-0.15, -0.1) is 0 Å². The van der Waals surface area contributed by atoms with E-state index in [9.17, 15) is 9.18 Å². The third-order valence-electron chi connectivity index (χ3n) is 5.23. The highest BCUT2D eigenvalue weighted by Gasteiger charge is 2.24. The lowest BCUT2D eigenvalue weighted by atomic mass is 10.00. The zero-order chi connectivity index (χ0) is 19.7. The van der Waals surface area contributed by atoms with Crippen LogP contribution in [0.5, 0.6) is 0 Å². The van der Waals surface area contributed by atoms with Gasteiger partial charge in [0.1, 0.15) is 11.5 Å². The van der Waals surface area contributed by atoms with Crippen LogP contribution in [0.25, 0.3) is 10.9 Å². The maximum absolute atomic E-state index is 13.6. The summed E-state index contributed by atoms with van der Waals surface area (Å²) in [6.45, 7) is 5.72. The number of aromatic nitrogens is 1. The van der Waals surface area contributed by atoms with Gasteiger partial charge in [-0.2, -0.15) is 0 Å². The summed E-state index contributed by atoms with van der Waals surface area (Å²) in [5.74, 6) is 0.153. The van der Waals surface area contributed by atoms with Crippen LogP contribution in [0, 0.1) is 18.7 Å². The second kappa shape index (κ2) is 7.58. The lowest BCUT2D eigenvalue weighted by Crippen LogP contribution is -2.39. The van der Waals surface area contributed by atoms with E-state index in [4.69, 9.17) is 0 Å². The van der Waals surface area contributed by atoms with Crippen molar-refractivity contribution in [2.75, 3.05) is 18.4 Å². The van der Waals surface area contributed by atoms with Gasteiger partial charge in [-0.25, -0.2) is 9.37 Å². The molecule has 4 nitrogen and oxygen atoms in total. The van der Waals surface area contributed by atoms with Crippen molar-refractivity contribution in [1.29, 1.82) is 0 Å². The SMILES string of the molecule is Cc1ccc2nc(C(=O)N3CCC[C@@H](C)C3)cc(Nc3cccc(F)c3)c2c1. The van der Waals surface area contributed by atoms with Crippen LogP contribution in [0.2, 0.25) is 0 Å². The van der Waals surface area contributed by atoms with Crippen LogP contribution in [0.15, 0.2) is 48.5 Å². The van der Waals surface area contributed by atoms with Crippen molar-refractivity contribution in [1.82, 2.24) is 9.88 Å². The highest BCUT2D eigenvalue weighted by atomic mass is 19.1. The molecule has 1 aliphatic heterocycles. The molecular weight excluding hydrogens is 353 g/mol. The van der Waals surface area contributed by atoms with Gasteiger partial charge in [-0.3, -0.25) is 4.79 Å². The van der Waals surface area contributed by atoms with Gasteiger partial charge in [0.25, 0.3) is 5.91 Å². The lowest BCUT2D eigenvalue weighted by molar-refractivity contribution is 0.0677. The average molecular weight is 377 g/mol. The third kappa shape index (κ3) is 3.84. The maximum Gasteiger partial charge on any atom is 0.272 e. The number of amides is 1. The van der Waals surface area contributed by atoms with Gasteiger partial charge in [-0.1, -0.05) is 24.6 Å². The molecule has 0 bridgehead atoms. The fourth-order valence-corrected chi connectivity index (χ4v) is 3.81. The number of hydrogen-bond acceptors (Lipinski definition) is 3. The molecule has 1 atom stereocenters. The second-order valence-electron chi connectivity index (χ2n) is 7.71. The van der Waals surface area contributed by atoms with Crippen LogP contribution in [0.3, 0.4) is 0 Å². The number of carbonyl (C=O) groups excluding carboxylic acids is 1. The Balaban J connectivity index is 1.76. The molecule has 144 valence electrons. The predicted molar refractivity (Wildman–Crippen MR) is 110 cm³/mol. The van der Waals surface area contributed by atoms with Gasteiger partial charge in [-0.05, 0) is 62.1 Å². The van der Waals surface area contributed by atoms with Gasteiger partial charge in [0.2, 0.25) is 0 Å². The Morgan fingerprint density at radius 1 is 1.21 bits per heavy atom. The van der Waals surface area contributed by atoms with Gasteiger partial charge in [0.15, 0.2) is 0 Å². The van der Waals surface area contributed by atoms with Crippen LogP contribution in [-0.4, -0.2) is 28.9 Å². The summed E-state index contributed by atoms with van der Waals surface area (Å²) in [6.07, 6.45) is 2.18. The van der Waals surface area contributed by atoms with Crippen LogP contribution >= 0.6 is 0 Å². The van der Waals surface area contributed by atoms with E-state index in [-0.39, 0.29) is 11.7 Å². The Kier molecular flexibility index (Phi) is 4.99. The molecule has 2 heterocycles. The molecular formula is C23H24FN3O. The number of hydrogen-bond donors (Lipinski definition) is 1. The first-order valence-electron chi connectivity index (χ1n) is 9.73. The van der Waals surface area contributed by atoms with E-state index >= 15 is 0 Å². The molecule has 0 saturated carbocycles. The number of rotatable bonds is 3. The molecule has 2 aromatic carbocycles. The van der Waals surface area contributed by atoms with Crippen LogP contribution in [0.1, 0.15) is 35.8 Å². The number of benzene rings is 2. The third-order valence-corrected chi connectivity index (χ3v) is 5.23. The minimum absolute atomic E-state index is 0.0451. The van der Waals surface area contributed by atoms with Crippen molar-refractivity contribution in [3.63, 3.8) is 0 Å². The lowest BCUT2D eigenvalue weighted by Gasteiger charge is -2.30. The summed E-state index contributed by atoms with van der Waals surface area (Å²) in [5, 5.41) is 4.18. The van der Waals surface area contributed by atoms with Crippen LogP contribution in [0.4, 0.5) is 15.8 Å². The molecule has 1 saturated heterocycles.